The number of nitrogens with one attached hydrogen (secondary N) is 1. The summed E-state index contributed by atoms with van der Waals surface area (Å²) in [6.07, 6.45) is 2.54. The first-order valence-electron chi connectivity index (χ1n) is 6.47. The predicted molar refractivity (Wildman–Crippen MR) is 73.5 cm³/mol. The van der Waals surface area contributed by atoms with Gasteiger partial charge in [0.25, 0.3) is 0 Å². The Kier molecular flexibility index (Phi) is 2.88. The molecule has 2 aromatic rings. The number of aromatic nitrogens is 2. The highest BCUT2D eigenvalue weighted by molar-refractivity contribution is 5.76. The molecule has 0 saturated heterocycles. The van der Waals surface area contributed by atoms with Gasteiger partial charge in [0.15, 0.2) is 0 Å². The molecule has 0 radical (unpaired) electrons. The van der Waals surface area contributed by atoms with Crippen molar-refractivity contribution in [3.8, 4) is 0 Å². The minimum absolute atomic E-state index is 0.234. The Labute approximate surface area is 107 Å². The van der Waals surface area contributed by atoms with E-state index in [-0.39, 0.29) is 6.04 Å². The lowest BCUT2D eigenvalue weighted by atomic mass is 10.2. The molecule has 1 aromatic heterocycles. The van der Waals surface area contributed by atoms with Crippen molar-refractivity contribution in [2.45, 2.75) is 25.8 Å². The summed E-state index contributed by atoms with van der Waals surface area (Å²) >= 11 is 0. The molecule has 3 N–H and O–H groups in total. The third-order valence-electron chi connectivity index (χ3n) is 3.48. The lowest BCUT2D eigenvalue weighted by Gasteiger charge is -2.13. The van der Waals surface area contributed by atoms with E-state index in [9.17, 15) is 0 Å². The van der Waals surface area contributed by atoms with Gasteiger partial charge in [-0.05, 0) is 37.8 Å². The van der Waals surface area contributed by atoms with Gasteiger partial charge in [-0.1, -0.05) is 12.1 Å². The molecule has 0 amide bonds. The first kappa shape index (κ1) is 11.4. The molecular formula is C14H18N4. The van der Waals surface area contributed by atoms with Crippen LogP contribution in [-0.4, -0.2) is 22.6 Å². The number of aryl methyl sites for hydroxylation is 1. The van der Waals surface area contributed by atoms with Gasteiger partial charge >= 0.3 is 0 Å². The zero-order valence-electron chi connectivity index (χ0n) is 10.6. The normalized spacial score (nSPS) is 16.8. The summed E-state index contributed by atoms with van der Waals surface area (Å²) < 4.78 is 0. The molecular weight excluding hydrogens is 224 g/mol. The molecule has 1 unspecified atom stereocenters. The predicted octanol–water partition coefficient (Wildman–Crippen LogP) is 2.09. The van der Waals surface area contributed by atoms with Gasteiger partial charge in [0.05, 0.1) is 16.7 Å². The fraction of sp³-hybridized carbons (Fsp3) is 0.429. The molecule has 4 nitrogen and oxygen atoms in total. The van der Waals surface area contributed by atoms with Crippen molar-refractivity contribution in [1.82, 2.24) is 9.97 Å². The van der Waals surface area contributed by atoms with Crippen LogP contribution < -0.4 is 11.1 Å². The van der Waals surface area contributed by atoms with Crippen molar-refractivity contribution < 1.29 is 0 Å². The molecule has 1 aromatic carbocycles. The summed E-state index contributed by atoms with van der Waals surface area (Å²) in [7, 11) is 0. The molecule has 1 atom stereocenters. The summed E-state index contributed by atoms with van der Waals surface area (Å²) in [5.74, 6) is 1.55. The fourth-order valence-electron chi connectivity index (χ4n) is 2.16. The monoisotopic (exact) mass is 242 g/mol. The molecule has 1 aliphatic rings. The van der Waals surface area contributed by atoms with Gasteiger partial charge in [0, 0.05) is 12.6 Å². The summed E-state index contributed by atoms with van der Waals surface area (Å²) in [5, 5.41) is 3.33. The number of nitrogens with zero attached hydrogens (tertiary/aromatic N) is 2. The molecule has 3 rings (SSSR count). The second kappa shape index (κ2) is 4.53. The van der Waals surface area contributed by atoms with Crippen LogP contribution in [0.2, 0.25) is 0 Å². The van der Waals surface area contributed by atoms with E-state index in [1.165, 1.54) is 12.8 Å². The van der Waals surface area contributed by atoms with Crippen LogP contribution >= 0.6 is 0 Å². The van der Waals surface area contributed by atoms with Crippen LogP contribution in [0.4, 0.5) is 5.82 Å². The van der Waals surface area contributed by atoms with Gasteiger partial charge in [-0.25, -0.2) is 9.97 Å². The zero-order valence-corrected chi connectivity index (χ0v) is 10.6. The van der Waals surface area contributed by atoms with Gasteiger partial charge in [0.2, 0.25) is 0 Å². The topological polar surface area (TPSA) is 63.8 Å². The molecule has 1 saturated carbocycles. The number of hydrogen-bond donors (Lipinski definition) is 2. The van der Waals surface area contributed by atoms with E-state index in [0.717, 1.165) is 29.1 Å². The Balaban J connectivity index is 1.80. The van der Waals surface area contributed by atoms with E-state index in [1.54, 1.807) is 0 Å². The molecule has 0 spiro atoms. The Hall–Kier alpha value is -1.68. The summed E-state index contributed by atoms with van der Waals surface area (Å²) in [6.45, 7) is 2.75. The second-order valence-electron chi connectivity index (χ2n) is 5.03. The van der Waals surface area contributed by atoms with Crippen molar-refractivity contribution in [3.05, 3.63) is 30.0 Å². The standard InChI is InChI=1S/C14H18N4/c1-9-14(16-8-11(15)10-6-7-10)18-13-5-3-2-4-12(13)17-9/h2-5,10-11H,6-8,15H2,1H3,(H,16,18). The van der Waals surface area contributed by atoms with Crippen molar-refractivity contribution in [1.29, 1.82) is 0 Å². The molecule has 1 heterocycles. The van der Waals surface area contributed by atoms with Crippen molar-refractivity contribution in [2.75, 3.05) is 11.9 Å². The van der Waals surface area contributed by atoms with Crippen LogP contribution in [0.5, 0.6) is 0 Å². The molecule has 0 aliphatic heterocycles. The SMILES string of the molecule is Cc1nc2ccccc2nc1NCC(N)C1CC1. The summed E-state index contributed by atoms with van der Waals surface area (Å²) in [4.78, 5) is 9.15. The lowest BCUT2D eigenvalue weighted by molar-refractivity contribution is 0.619. The molecule has 94 valence electrons. The highest BCUT2D eigenvalue weighted by Crippen LogP contribution is 2.31. The van der Waals surface area contributed by atoms with Crippen molar-refractivity contribution in [3.63, 3.8) is 0 Å². The number of nitrogens with two attached hydrogens (primary N) is 1. The van der Waals surface area contributed by atoms with E-state index in [0.29, 0.717) is 5.92 Å². The first-order chi connectivity index (χ1) is 8.74. The highest BCUT2D eigenvalue weighted by atomic mass is 15.0. The number of benzene rings is 1. The fourth-order valence-corrected chi connectivity index (χ4v) is 2.16. The Morgan fingerprint density at radius 3 is 2.61 bits per heavy atom. The lowest BCUT2D eigenvalue weighted by Crippen LogP contribution is -2.31. The van der Waals surface area contributed by atoms with Crippen LogP contribution in [-0.2, 0) is 0 Å². The average molecular weight is 242 g/mol. The maximum absolute atomic E-state index is 6.08. The second-order valence-corrected chi connectivity index (χ2v) is 5.03. The van der Waals surface area contributed by atoms with E-state index < -0.39 is 0 Å². The van der Waals surface area contributed by atoms with E-state index in [1.807, 2.05) is 31.2 Å². The number of hydrogen-bond acceptors (Lipinski definition) is 4. The van der Waals surface area contributed by atoms with Gasteiger partial charge in [0.1, 0.15) is 5.82 Å². The minimum atomic E-state index is 0.234. The van der Waals surface area contributed by atoms with E-state index in [4.69, 9.17) is 5.73 Å². The maximum atomic E-state index is 6.08. The minimum Gasteiger partial charge on any atom is -0.367 e. The number of rotatable bonds is 4. The smallest absolute Gasteiger partial charge is 0.148 e. The van der Waals surface area contributed by atoms with E-state index in [2.05, 4.69) is 15.3 Å². The Bertz CT molecular complexity index is 563. The highest BCUT2D eigenvalue weighted by Gasteiger charge is 2.28. The summed E-state index contributed by atoms with van der Waals surface area (Å²) in [5.41, 5.74) is 8.87. The van der Waals surface area contributed by atoms with Crippen LogP contribution in [0.25, 0.3) is 11.0 Å². The van der Waals surface area contributed by atoms with Crippen LogP contribution in [0.15, 0.2) is 24.3 Å². The number of para-hydroxylation sites is 2. The van der Waals surface area contributed by atoms with Gasteiger partial charge < -0.3 is 11.1 Å². The van der Waals surface area contributed by atoms with Crippen LogP contribution in [0, 0.1) is 12.8 Å². The average Bonchev–Trinajstić information content (AvgIpc) is 3.20. The molecule has 18 heavy (non-hydrogen) atoms. The zero-order chi connectivity index (χ0) is 12.5. The van der Waals surface area contributed by atoms with Gasteiger partial charge in [-0.3, -0.25) is 0 Å². The van der Waals surface area contributed by atoms with Crippen LogP contribution in [0.3, 0.4) is 0 Å². The van der Waals surface area contributed by atoms with Crippen molar-refractivity contribution in [2.24, 2.45) is 11.7 Å². The van der Waals surface area contributed by atoms with E-state index >= 15 is 0 Å². The number of anilines is 1. The molecule has 1 fully saturated rings. The molecule has 4 heteroatoms. The first-order valence-corrected chi connectivity index (χ1v) is 6.47. The van der Waals surface area contributed by atoms with Gasteiger partial charge in [-0.15, -0.1) is 0 Å². The summed E-state index contributed by atoms with van der Waals surface area (Å²) in [6, 6.07) is 8.15. The quantitative estimate of drug-likeness (QED) is 0.861. The Morgan fingerprint density at radius 2 is 1.94 bits per heavy atom. The molecule has 1 aliphatic carbocycles. The molecule has 0 bridgehead atoms. The Morgan fingerprint density at radius 1 is 1.28 bits per heavy atom. The van der Waals surface area contributed by atoms with Gasteiger partial charge in [-0.2, -0.15) is 0 Å². The van der Waals surface area contributed by atoms with Crippen LogP contribution in [0.1, 0.15) is 18.5 Å². The third-order valence-corrected chi connectivity index (χ3v) is 3.48. The number of fused-ring (bicyclic) bond motifs is 1. The maximum Gasteiger partial charge on any atom is 0.148 e. The van der Waals surface area contributed by atoms with Crippen molar-refractivity contribution >= 4 is 16.9 Å². The third kappa shape index (κ3) is 2.29. The largest absolute Gasteiger partial charge is 0.367 e.